The van der Waals surface area contributed by atoms with E-state index >= 15 is 0 Å². The highest BCUT2D eigenvalue weighted by molar-refractivity contribution is 5.77. The highest BCUT2D eigenvalue weighted by Gasteiger charge is 2.49. The number of pyridine rings is 1. The average molecular weight is 344 g/mol. The van der Waals surface area contributed by atoms with Crippen LogP contribution in [0.5, 0.6) is 0 Å². The molecule has 1 aromatic heterocycles. The van der Waals surface area contributed by atoms with Crippen LogP contribution in [-0.2, 0) is 11.2 Å². The Labute approximate surface area is 145 Å². The Morgan fingerprint density at radius 3 is 2.64 bits per heavy atom. The number of aryl methyl sites for hydroxylation is 1. The lowest BCUT2D eigenvalue weighted by Crippen LogP contribution is -2.57. The van der Waals surface area contributed by atoms with Crippen molar-refractivity contribution in [1.82, 2.24) is 4.98 Å². The van der Waals surface area contributed by atoms with Crippen LogP contribution in [0.4, 0.5) is 10.2 Å². The molecule has 25 heavy (non-hydrogen) atoms. The third kappa shape index (κ3) is 3.49. The van der Waals surface area contributed by atoms with Crippen LogP contribution in [-0.4, -0.2) is 40.4 Å². The SMILES string of the molecule is Cc1ccc(N2CC[C@H](O)[C@](Cc3ccc(F)cc3)(C(=O)O)C2)nc1. The van der Waals surface area contributed by atoms with Gasteiger partial charge in [-0.3, -0.25) is 4.79 Å². The second-order valence-electron chi connectivity index (χ2n) is 6.68. The van der Waals surface area contributed by atoms with Crippen LogP contribution < -0.4 is 4.90 Å². The van der Waals surface area contributed by atoms with Gasteiger partial charge in [-0.05, 0) is 49.1 Å². The molecule has 1 aliphatic rings. The molecule has 132 valence electrons. The van der Waals surface area contributed by atoms with Crippen molar-refractivity contribution in [3.63, 3.8) is 0 Å². The van der Waals surface area contributed by atoms with Gasteiger partial charge in [-0.2, -0.15) is 0 Å². The Morgan fingerprint density at radius 2 is 2.04 bits per heavy atom. The molecule has 1 aromatic carbocycles. The summed E-state index contributed by atoms with van der Waals surface area (Å²) in [5.41, 5.74) is 0.348. The van der Waals surface area contributed by atoms with Gasteiger partial charge in [0.25, 0.3) is 0 Å². The molecule has 0 spiro atoms. The van der Waals surface area contributed by atoms with Crippen LogP contribution >= 0.6 is 0 Å². The van der Waals surface area contributed by atoms with Gasteiger partial charge in [0, 0.05) is 19.3 Å². The van der Waals surface area contributed by atoms with E-state index in [1.165, 1.54) is 12.1 Å². The summed E-state index contributed by atoms with van der Waals surface area (Å²) >= 11 is 0. The molecule has 0 unspecified atom stereocenters. The zero-order valence-electron chi connectivity index (χ0n) is 14.0. The third-order valence-corrected chi connectivity index (χ3v) is 4.86. The van der Waals surface area contributed by atoms with Crippen LogP contribution in [0.15, 0.2) is 42.6 Å². The first-order valence-corrected chi connectivity index (χ1v) is 8.24. The van der Waals surface area contributed by atoms with Crippen molar-refractivity contribution in [3.8, 4) is 0 Å². The standard InChI is InChI=1S/C19H21FN2O3/c1-13-2-7-17(21-11-13)22-9-8-16(23)19(12-22,18(24)25)10-14-3-5-15(20)6-4-14/h2-7,11,16,23H,8-10,12H2,1H3,(H,24,25)/t16-,19+/m0/s1. The lowest BCUT2D eigenvalue weighted by Gasteiger charge is -2.44. The van der Waals surface area contributed by atoms with E-state index in [-0.39, 0.29) is 18.8 Å². The molecule has 2 heterocycles. The number of benzene rings is 1. The number of aliphatic carboxylic acids is 1. The fourth-order valence-electron chi connectivity index (χ4n) is 3.35. The minimum atomic E-state index is -1.36. The monoisotopic (exact) mass is 344 g/mol. The molecule has 0 amide bonds. The van der Waals surface area contributed by atoms with Crippen LogP contribution in [0.25, 0.3) is 0 Å². The van der Waals surface area contributed by atoms with Gasteiger partial charge in [0.2, 0.25) is 0 Å². The predicted molar refractivity (Wildman–Crippen MR) is 92.0 cm³/mol. The Bertz CT molecular complexity index is 748. The minimum absolute atomic E-state index is 0.131. The minimum Gasteiger partial charge on any atom is -0.481 e. The summed E-state index contributed by atoms with van der Waals surface area (Å²) in [5.74, 6) is -0.730. The molecular weight excluding hydrogens is 323 g/mol. The molecule has 0 bridgehead atoms. The molecule has 0 saturated carbocycles. The second-order valence-corrected chi connectivity index (χ2v) is 6.68. The number of hydrogen-bond donors (Lipinski definition) is 2. The molecule has 2 atom stereocenters. The van der Waals surface area contributed by atoms with E-state index in [1.807, 2.05) is 24.0 Å². The second kappa shape index (κ2) is 6.80. The van der Waals surface area contributed by atoms with E-state index in [9.17, 15) is 19.4 Å². The average Bonchev–Trinajstić information content (AvgIpc) is 2.59. The molecule has 0 aliphatic carbocycles. The Kier molecular flexibility index (Phi) is 4.72. The van der Waals surface area contributed by atoms with E-state index in [4.69, 9.17) is 0 Å². The number of aromatic nitrogens is 1. The van der Waals surface area contributed by atoms with E-state index in [2.05, 4.69) is 4.98 Å². The highest BCUT2D eigenvalue weighted by Crippen LogP contribution is 2.36. The number of carboxylic acid groups (broad SMARTS) is 1. The fraction of sp³-hybridized carbons (Fsp3) is 0.368. The smallest absolute Gasteiger partial charge is 0.314 e. The number of hydrogen-bond acceptors (Lipinski definition) is 4. The first-order valence-electron chi connectivity index (χ1n) is 8.24. The maximum atomic E-state index is 13.1. The number of aliphatic hydroxyl groups is 1. The molecule has 2 aromatic rings. The quantitative estimate of drug-likeness (QED) is 0.891. The van der Waals surface area contributed by atoms with Gasteiger partial charge in [0.05, 0.1) is 6.10 Å². The Morgan fingerprint density at radius 1 is 1.32 bits per heavy atom. The summed E-state index contributed by atoms with van der Waals surface area (Å²) < 4.78 is 13.1. The summed E-state index contributed by atoms with van der Waals surface area (Å²) in [4.78, 5) is 18.4. The number of anilines is 1. The van der Waals surface area contributed by atoms with Gasteiger partial charge in [-0.1, -0.05) is 18.2 Å². The third-order valence-electron chi connectivity index (χ3n) is 4.86. The molecule has 1 aliphatic heterocycles. The van der Waals surface area contributed by atoms with Crippen LogP contribution in [0.2, 0.25) is 0 Å². The van der Waals surface area contributed by atoms with Crippen molar-refractivity contribution in [1.29, 1.82) is 0 Å². The zero-order valence-corrected chi connectivity index (χ0v) is 14.0. The normalized spacial score (nSPS) is 23.5. The van der Waals surface area contributed by atoms with Gasteiger partial charge in [0.15, 0.2) is 0 Å². The van der Waals surface area contributed by atoms with E-state index < -0.39 is 17.5 Å². The van der Waals surface area contributed by atoms with Crippen molar-refractivity contribution in [2.24, 2.45) is 5.41 Å². The number of rotatable bonds is 4. The van der Waals surface area contributed by atoms with Crippen molar-refractivity contribution < 1.29 is 19.4 Å². The van der Waals surface area contributed by atoms with Crippen molar-refractivity contribution in [2.45, 2.75) is 25.9 Å². The summed E-state index contributed by atoms with van der Waals surface area (Å²) in [6, 6.07) is 9.53. The largest absolute Gasteiger partial charge is 0.481 e. The maximum absolute atomic E-state index is 13.1. The molecule has 6 heteroatoms. The predicted octanol–water partition coefficient (Wildman–Crippen LogP) is 2.41. The number of carbonyl (C=O) groups is 1. The van der Waals surface area contributed by atoms with Crippen molar-refractivity contribution in [3.05, 3.63) is 59.5 Å². The fourth-order valence-corrected chi connectivity index (χ4v) is 3.35. The van der Waals surface area contributed by atoms with E-state index in [1.54, 1.807) is 18.3 Å². The topological polar surface area (TPSA) is 73.7 Å². The summed E-state index contributed by atoms with van der Waals surface area (Å²) in [6.07, 6.45) is 1.23. The van der Waals surface area contributed by atoms with Crippen molar-refractivity contribution >= 4 is 11.8 Å². The van der Waals surface area contributed by atoms with E-state index in [0.717, 1.165) is 5.56 Å². The first kappa shape index (κ1) is 17.4. The Hall–Kier alpha value is -2.47. The number of halogens is 1. The highest BCUT2D eigenvalue weighted by atomic mass is 19.1. The maximum Gasteiger partial charge on any atom is 0.314 e. The van der Waals surface area contributed by atoms with Gasteiger partial charge in [-0.15, -0.1) is 0 Å². The van der Waals surface area contributed by atoms with Gasteiger partial charge in [0.1, 0.15) is 17.1 Å². The van der Waals surface area contributed by atoms with E-state index in [0.29, 0.717) is 24.3 Å². The summed E-state index contributed by atoms with van der Waals surface area (Å²) in [6.45, 7) is 2.62. The lowest BCUT2D eigenvalue weighted by atomic mass is 9.73. The molecule has 5 nitrogen and oxygen atoms in total. The summed E-state index contributed by atoms with van der Waals surface area (Å²) in [7, 11) is 0. The first-order chi connectivity index (χ1) is 11.9. The molecule has 1 fully saturated rings. The number of piperidine rings is 1. The van der Waals surface area contributed by atoms with Crippen LogP contribution in [0, 0.1) is 18.2 Å². The Balaban J connectivity index is 1.90. The number of aliphatic hydroxyl groups excluding tert-OH is 1. The van der Waals surface area contributed by atoms with Crippen molar-refractivity contribution in [2.75, 3.05) is 18.0 Å². The van der Waals surface area contributed by atoms with Gasteiger partial charge < -0.3 is 15.1 Å². The molecular formula is C19H21FN2O3. The number of nitrogens with zero attached hydrogens (tertiary/aromatic N) is 2. The lowest BCUT2D eigenvalue weighted by molar-refractivity contribution is -0.157. The van der Waals surface area contributed by atoms with Crippen LogP contribution in [0.1, 0.15) is 17.5 Å². The molecule has 3 rings (SSSR count). The van der Waals surface area contributed by atoms with Gasteiger partial charge in [-0.25, -0.2) is 9.37 Å². The molecule has 2 N–H and O–H groups in total. The molecule has 1 saturated heterocycles. The van der Waals surface area contributed by atoms with Gasteiger partial charge >= 0.3 is 5.97 Å². The number of carboxylic acids is 1. The summed E-state index contributed by atoms with van der Waals surface area (Å²) in [5, 5.41) is 20.4. The van der Waals surface area contributed by atoms with Crippen LogP contribution in [0.3, 0.4) is 0 Å². The zero-order chi connectivity index (χ0) is 18.0. The molecule has 0 radical (unpaired) electrons.